The van der Waals surface area contributed by atoms with E-state index in [0.717, 1.165) is 0 Å². The Morgan fingerprint density at radius 3 is 2.25 bits per heavy atom. The maximum Gasteiger partial charge on any atom is 0.0938 e. The minimum absolute atomic E-state index is 0.147. The van der Waals surface area contributed by atoms with Crippen molar-refractivity contribution >= 4 is 0 Å². The van der Waals surface area contributed by atoms with E-state index < -0.39 is 41.9 Å². The van der Waals surface area contributed by atoms with Gasteiger partial charge in [-0.15, -0.1) is 0 Å². The van der Waals surface area contributed by atoms with Crippen molar-refractivity contribution in [3.8, 4) is 0 Å². The molecule has 0 aromatic heterocycles. The van der Waals surface area contributed by atoms with E-state index in [4.69, 9.17) is 0 Å². The highest BCUT2D eigenvalue weighted by Gasteiger charge is 2.64. The second-order valence-electron chi connectivity index (χ2n) is 7.31. The molecule has 2 saturated carbocycles. The van der Waals surface area contributed by atoms with Crippen LogP contribution in [0.2, 0.25) is 0 Å². The van der Waals surface area contributed by atoms with Crippen molar-refractivity contribution in [3.05, 3.63) is 0 Å². The Morgan fingerprint density at radius 2 is 1.75 bits per heavy atom. The Morgan fingerprint density at radius 1 is 1.15 bits per heavy atom. The third-order valence-corrected chi connectivity index (χ3v) is 5.94. The van der Waals surface area contributed by atoms with Crippen LogP contribution in [-0.2, 0) is 0 Å². The molecule has 0 heterocycles. The molecule has 118 valence electrons. The highest BCUT2D eigenvalue weighted by Crippen LogP contribution is 2.56. The zero-order chi connectivity index (χ0) is 15.3. The van der Waals surface area contributed by atoms with Gasteiger partial charge in [0.2, 0.25) is 0 Å². The molecule has 20 heavy (non-hydrogen) atoms. The second kappa shape index (κ2) is 5.21. The van der Waals surface area contributed by atoms with Gasteiger partial charge < -0.3 is 25.5 Å². The van der Waals surface area contributed by atoms with Crippen LogP contribution in [0.3, 0.4) is 0 Å². The average Bonchev–Trinajstić information content (AvgIpc) is 2.38. The van der Waals surface area contributed by atoms with Gasteiger partial charge in [-0.1, -0.05) is 20.8 Å². The van der Waals surface area contributed by atoms with Crippen molar-refractivity contribution in [1.82, 2.24) is 0 Å². The summed E-state index contributed by atoms with van der Waals surface area (Å²) in [6.07, 6.45) is -1.45. The van der Waals surface area contributed by atoms with Gasteiger partial charge in [0.1, 0.15) is 0 Å². The highest BCUT2D eigenvalue weighted by molar-refractivity contribution is 5.13. The molecule has 5 heteroatoms. The molecule has 5 nitrogen and oxygen atoms in total. The van der Waals surface area contributed by atoms with Gasteiger partial charge in [0.25, 0.3) is 0 Å². The van der Waals surface area contributed by atoms with Crippen LogP contribution in [0.1, 0.15) is 40.0 Å². The second-order valence-corrected chi connectivity index (χ2v) is 7.31. The Hall–Kier alpha value is -0.200. The lowest BCUT2D eigenvalue weighted by molar-refractivity contribution is -0.266. The van der Waals surface area contributed by atoms with Crippen LogP contribution in [0.25, 0.3) is 0 Å². The number of hydrogen-bond donors (Lipinski definition) is 5. The molecule has 0 saturated heterocycles. The summed E-state index contributed by atoms with van der Waals surface area (Å²) >= 11 is 0. The van der Waals surface area contributed by atoms with Gasteiger partial charge in [-0.05, 0) is 31.1 Å². The molecule has 0 amide bonds. The Kier molecular flexibility index (Phi) is 4.22. The number of rotatable bonds is 2. The molecule has 0 aliphatic heterocycles. The van der Waals surface area contributed by atoms with Crippen molar-refractivity contribution in [2.75, 3.05) is 6.61 Å². The predicted molar refractivity (Wildman–Crippen MR) is 73.8 cm³/mol. The molecular formula is C15H28O5. The fraction of sp³-hybridized carbons (Fsp3) is 1.00. The molecule has 0 aromatic carbocycles. The summed E-state index contributed by atoms with van der Waals surface area (Å²) < 4.78 is 0. The third kappa shape index (κ3) is 2.11. The fourth-order valence-electron chi connectivity index (χ4n) is 4.50. The van der Waals surface area contributed by atoms with Crippen LogP contribution in [-0.4, -0.2) is 56.1 Å². The quantitative estimate of drug-likeness (QED) is 0.488. The zero-order valence-electron chi connectivity index (χ0n) is 12.5. The SMILES string of the molecule is CC(C)[C@@H]1C[C@@H](O)[C@@]2(C)[C@H]([C@@H]1O)[C@](O)(CO)CC[C@@H]2O. The van der Waals surface area contributed by atoms with Gasteiger partial charge in [-0.25, -0.2) is 0 Å². The lowest BCUT2D eigenvalue weighted by Crippen LogP contribution is -2.69. The van der Waals surface area contributed by atoms with E-state index in [1.54, 1.807) is 6.92 Å². The van der Waals surface area contributed by atoms with Crippen molar-refractivity contribution in [1.29, 1.82) is 0 Å². The van der Waals surface area contributed by atoms with Gasteiger partial charge in [-0.2, -0.15) is 0 Å². The maximum absolute atomic E-state index is 10.7. The topological polar surface area (TPSA) is 101 Å². The van der Waals surface area contributed by atoms with Crippen LogP contribution in [0.15, 0.2) is 0 Å². The molecule has 2 aliphatic carbocycles. The number of hydrogen-bond acceptors (Lipinski definition) is 5. The fourth-order valence-corrected chi connectivity index (χ4v) is 4.50. The molecule has 2 rings (SSSR count). The van der Waals surface area contributed by atoms with Crippen LogP contribution in [0.4, 0.5) is 0 Å². The number of aliphatic hydroxyl groups is 5. The van der Waals surface area contributed by atoms with Gasteiger partial charge in [0, 0.05) is 11.3 Å². The highest BCUT2D eigenvalue weighted by atomic mass is 16.3. The van der Waals surface area contributed by atoms with Crippen molar-refractivity contribution in [2.45, 2.75) is 63.9 Å². The molecular weight excluding hydrogens is 260 g/mol. The molecule has 0 spiro atoms. The van der Waals surface area contributed by atoms with E-state index in [1.807, 2.05) is 13.8 Å². The van der Waals surface area contributed by atoms with Gasteiger partial charge in [-0.3, -0.25) is 0 Å². The normalized spacial score (nSPS) is 53.0. The summed E-state index contributed by atoms with van der Waals surface area (Å²) in [4.78, 5) is 0. The minimum atomic E-state index is -1.44. The summed E-state index contributed by atoms with van der Waals surface area (Å²) in [5, 5.41) is 51.9. The average molecular weight is 288 g/mol. The van der Waals surface area contributed by atoms with E-state index in [1.165, 1.54) is 0 Å². The zero-order valence-corrected chi connectivity index (χ0v) is 12.5. The monoisotopic (exact) mass is 288 g/mol. The lowest BCUT2D eigenvalue weighted by Gasteiger charge is -2.60. The minimum Gasteiger partial charge on any atom is -0.393 e. The van der Waals surface area contributed by atoms with Crippen LogP contribution >= 0.6 is 0 Å². The summed E-state index contributed by atoms with van der Waals surface area (Å²) in [5.74, 6) is -0.711. The van der Waals surface area contributed by atoms with Gasteiger partial charge >= 0.3 is 0 Å². The standard InChI is InChI=1S/C15H28O5/c1-8(2)9-6-11(18)14(3)10(17)4-5-15(20,7-16)13(14)12(9)19/h8-13,16-20H,4-7H2,1-3H3/t9-,10-,11+,12+,13-,14-,15+/m0/s1. The molecule has 0 unspecified atom stereocenters. The van der Waals surface area contributed by atoms with E-state index in [2.05, 4.69) is 0 Å². The first-order chi connectivity index (χ1) is 9.18. The Labute approximate surface area is 120 Å². The van der Waals surface area contributed by atoms with Crippen molar-refractivity contribution in [3.63, 3.8) is 0 Å². The Bertz CT molecular complexity index is 360. The first kappa shape index (κ1) is 16.2. The van der Waals surface area contributed by atoms with Crippen molar-refractivity contribution in [2.24, 2.45) is 23.2 Å². The van der Waals surface area contributed by atoms with E-state index in [0.29, 0.717) is 12.8 Å². The third-order valence-electron chi connectivity index (χ3n) is 5.94. The summed E-state index contributed by atoms with van der Waals surface area (Å²) in [6.45, 7) is 5.20. The number of fused-ring (bicyclic) bond motifs is 1. The van der Waals surface area contributed by atoms with Crippen molar-refractivity contribution < 1.29 is 25.5 Å². The largest absolute Gasteiger partial charge is 0.393 e. The maximum atomic E-state index is 10.7. The van der Waals surface area contributed by atoms with E-state index in [-0.39, 0.29) is 18.3 Å². The van der Waals surface area contributed by atoms with Crippen LogP contribution in [0.5, 0.6) is 0 Å². The predicted octanol–water partition coefficient (Wildman–Crippen LogP) is -0.115. The summed E-state index contributed by atoms with van der Waals surface area (Å²) in [7, 11) is 0. The Balaban J connectivity index is 2.46. The van der Waals surface area contributed by atoms with E-state index >= 15 is 0 Å². The number of aliphatic hydroxyl groups excluding tert-OH is 4. The molecule has 0 aromatic rings. The molecule has 7 atom stereocenters. The van der Waals surface area contributed by atoms with Gasteiger partial charge in [0.05, 0.1) is 30.5 Å². The van der Waals surface area contributed by atoms with Gasteiger partial charge in [0.15, 0.2) is 0 Å². The van der Waals surface area contributed by atoms with Crippen LogP contribution in [0, 0.1) is 23.2 Å². The molecule has 0 bridgehead atoms. The molecule has 0 radical (unpaired) electrons. The summed E-state index contributed by atoms with van der Waals surface area (Å²) in [5.41, 5.74) is -2.43. The summed E-state index contributed by atoms with van der Waals surface area (Å²) in [6, 6.07) is 0. The lowest BCUT2D eigenvalue weighted by atomic mass is 9.49. The molecule has 2 aliphatic rings. The van der Waals surface area contributed by atoms with E-state index in [9.17, 15) is 25.5 Å². The molecule has 2 fully saturated rings. The smallest absolute Gasteiger partial charge is 0.0938 e. The van der Waals surface area contributed by atoms with Crippen LogP contribution < -0.4 is 0 Å². The molecule has 5 N–H and O–H groups in total. The first-order valence-corrected chi connectivity index (χ1v) is 7.56. The first-order valence-electron chi connectivity index (χ1n) is 7.56.